The van der Waals surface area contributed by atoms with Crippen molar-refractivity contribution in [1.29, 1.82) is 0 Å². The van der Waals surface area contributed by atoms with Crippen LogP contribution in [-0.4, -0.2) is 25.2 Å². The SMILES string of the molecule is CCc1ncc(CNC(=O)c2ccc3c(c2)NC(=O)c2ccccc2S3(=O)=O)s1. The molecule has 1 aliphatic heterocycles. The Bertz CT molecular complexity index is 1230. The number of fused-ring (bicyclic) bond motifs is 2. The number of hydrogen-bond donors (Lipinski definition) is 2. The predicted molar refractivity (Wildman–Crippen MR) is 109 cm³/mol. The van der Waals surface area contributed by atoms with Crippen LogP contribution in [0.4, 0.5) is 5.69 Å². The van der Waals surface area contributed by atoms with Crippen molar-refractivity contribution < 1.29 is 18.0 Å². The zero-order valence-electron chi connectivity index (χ0n) is 15.4. The van der Waals surface area contributed by atoms with Gasteiger partial charge < -0.3 is 10.6 Å². The Balaban J connectivity index is 1.63. The first-order valence-electron chi connectivity index (χ1n) is 8.91. The summed E-state index contributed by atoms with van der Waals surface area (Å²) in [7, 11) is -3.89. The van der Waals surface area contributed by atoms with Gasteiger partial charge in [0.05, 0.1) is 32.6 Å². The van der Waals surface area contributed by atoms with Gasteiger partial charge in [-0.15, -0.1) is 11.3 Å². The number of carbonyl (C=O) groups excluding carboxylic acids is 2. The average molecular weight is 428 g/mol. The van der Waals surface area contributed by atoms with Gasteiger partial charge >= 0.3 is 0 Å². The Hall–Kier alpha value is -3.04. The first-order valence-corrected chi connectivity index (χ1v) is 11.2. The van der Waals surface area contributed by atoms with Crippen molar-refractivity contribution in [3.8, 4) is 0 Å². The predicted octanol–water partition coefficient (Wildman–Crippen LogP) is 3.03. The number of nitrogens with zero attached hydrogens (tertiary/aromatic N) is 1. The fourth-order valence-corrected chi connectivity index (χ4v) is 5.46. The van der Waals surface area contributed by atoms with E-state index in [2.05, 4.69) is 15.6 Å². The summed E-state index contributed by atoms with van der Waals surface area (Å²) in [5.74, 6) is -0.898. The van der Waals surface area contributed by atoms with E-state index in [0.29, 0.717) is 6.54 Å². The molecule has 4 rings (SSSR count). The summed E-state index contributed by atoms with van der Waals surface area (Å²) in [6, 6.07) is 10.2. The molecule has 2 amide bonds. The number of anilines is 1. The number of aromatic nitrogens is 1. The molecule has 2 heterocycles. The van der Waals surface area contributed by atoms with E-state index < -0.39 is 15.7 Å². The third-order valence-corrected chi connectivity index (χ3v) is 7.54. The number of amides is 2. The Morgan fingerprint density at radius 3 is 2.72 bits per heavy atom. The molecular weight excluding hydrogens is 410 g/mol. The van der Waals surface area contributed by atoms with Crippen LogP contribution < -0.4 is 10.6 Å². The highest BCUT2D eigenvalue weighted by Crippen LogP contribution is 2.34. The molecule has 7 nitrogen and oxygen atoms in total. The number of thiazole rings is 1. The molecule has 0 atom stereocenters. The third-order valence-electron chi connectivity index (χ3n) is 4.53. The van der Waals surface area contributed by atoms with Crippen LogP contribution >= 0.6 is 11.3 Å². The van der Waals surface area contributed by atoms with Gasteiger partial charge in [-0.1, -0.05) is 19.1 Å². The molecular formula is C20H17N3O4S2. The maximum Gasteiger partial charge on any atom is 0.257 e. The van der Waals surface area contributed by atoms with Gasteiger partial charge in [0.1, 0.15) is 0 Å². The van der Waals surface area contributed by atoms with E-state index in [1.807, 2.05) is 6.92 Å². The lowest BCUT2D eigenvalue weighted by Crippen LogP contribution is -2.22. The van der Waals surface area contributed by atoms with Crippen LogP contribution in [0, 0.1) is 0 Å². The Morgan fingerprint density at radius 2 is 1.97 bits per heavy atom. The Labute approximate surface area is 171 Å². The normalized spacial score (nSPS) is 14.3. The monoisotopic (exact) mass is 427 g/mol. The van der Waals surface area contributed by atoms with Crippen molar-refractivity contribution in [3.63, 3.8) is 0 Å². The van der Waals surface area contributed by atoms with Gasteiger partial charge in [0.15, 0.2) is 0 Å². The zero-order valence-corrected chi connectivity index (χ0v) is 17.1. The lowest BCUT2D eigenvalue weighted by atomic mass is 10.1. The molecule has 0 aliphatic carbocycles. The molecule has 0 spiro atoms. The number of rotatable bonds is 4. The molecule has 29 heavy (non-hydrogen) atoms. The lowest BCUT2D eigenvalue weighted by Gasteiger charge is -2.10. The molecule has 1 aliphatic rings. The fourth-order valence-electron chi connectivity index (χ4n) is 3.06. The van der Waals surface area contributed by atoms with E-state index in [4.69, 9.17) is 0 Å². The van der Waals surface area contributed by atoms with Crippen LogP contribution in [0.3, 0.4) is 0 Å². The molecule has 9 heteroatoms. The van der Waals surface area contributed by atoms with E-state index in [1.165, 1.54) is 41.7 Å². The number of aryl methyl sites for hydroxylation is 1. The topological polar surface area (TPSA) is 105 Å². The first kappa shape index (κ1) is 19.3. The number of nitrogens with one attached hydrogen (secondary N) is 2. The Morgan fingerprint density at radius 1 is 1.17 bits per heavy atom. The van der Waals surface area contributed by atoms with E-state index in [1.54, 1.807) is 18.3 Å². The van der Waals surface area contributed by atoms with E-state index in [0.717, 1.165) is 16.3 Å². The van der Waals surface area contributed by atoms with Crippen LogP contribution in [0.2, 0.25) is 0 Å². The van der Waals surface area contributed by atoms with Gasteiger partial charge in [0, 0.05) is 16.6 Å². The van der Waals surface area contributed by atoms with Crippen LogP contribution in [0.15, 0.2) is 58.5 Å². The van der Waals surface area contributed by atoms with Gasteiger partial charge in [0.2, 0.25) is 9.84 Å². The summed E-state index contributed by atoms with van der Waals surface area (Å²) in [6.07, 6.45) is 2.56. The van der Waals surface area contributed by atoms with Crippen molar-refractivity contribution in [2.24, 2.45) is 0 Å². The summed E-state index contributed by atoms with van der Waals surface area (Å²) >= 11 is 1.53. The second kappa shape index (κ2) is 7.41. The fraction of sp³-hybridized carbons (Fsp3) is 0.150. The molecule has 3 aromatic rings. The summed E-state index contributed by atoms with van der Waals surface area (Å²) < 4.78 is 26.0. The molecule has 2 aromatic carbocycles. The van der Waals surface area contributed by atoms with Gasteiger partial charge in [-0.25, -0.2) is 13.4 Å². The van der Waals surface area contributed by atoms with Crippen LogP contribution in [0.1, 0.15) is 37.5 Å². The van der Waals surface area contributed by atoms with Crippen molar-refractivity contribution in [2.45, 2.75) is 29.7 Å². The highest BCUT2D eigenvalue weighted by molar-refractivity contribution is 7.91. The van der Waals surface area contributed by atoms with Gasteiger partial charge in [-0.2, -0.15) is 0 Å². The first-order chi connectivity index (χ1) is 13.9. The van der Waals surface area contributed by atoms with E-state index >= 15 is 0 Å². The second-order valence-corrected chi connectivity index (χ2v) is 9.51. The number of sulfone groups is 1. The number of carbonyl (C=O) groups is 2. The van der Waals surface area contributed by atoms with Crippen LogP contribution in [-0.2, 0) is 22.8 Å². The quantitative estimate of drug-likeness (QED) is 0.666. The van der Waals surface area contributed by atoms with Crippen LogP contribution in [0.25, 0.3) is 0 Å². The summed E-state index contributed by atoms with van der Waals surface area (Å²) in [6.45, 7) is 2.33. The molecule has 0 saturated carbocycles. The molecule has 0 unspecified atom stereocenters. The summed E-state index contributed by atoms with van der Waals surface area (Å²) in [5, 5.41) is 6.39. The minimum atomic E-state index is -3.89. The average Bonchev–Trinajstić information content (AvgIpc) is 3.17. The molecule has 2 N–H and O–H groups in total. The second-order valence-electron chi connectivity index (χ2n) is 6.42. The van der Waals surface area contributed by atoms with E-state index in [9.17, 15) is 18.0 Å². The zero-order chi connectivity index (χ0) is 20.6. The molecule has 0 saturated heterocycles. The molecule has 0 fully saturated rings. The Kier molecular flexibility index (Phi) is 4.93. The minimum absolute atomic E-state index is 0.0394. The molecule has 148 valence electrons. The maximum atomic E-state index is 13.0. The number of hydrogen-bond acceptors (Lipinski definition) is 6. The smallest absolute Gasteiger partial charge is 0.257 e. The summed E-state index contributed by atoms with van der Waals surface area (Å²) in [5.41, 5.74) is 0.418. The molecule has 0 bridgehead atoms. The van der Waals surface area contributed by atoms with E-state index in [-0.39, 0.29) is 32.5 Å². The minimum Gasteiger partial charge on any atom is -0.347 e. The largest absolute Gasteiger partial charge is 0.347 e. The summed E-state index contributed by atoms with van der Waals surface area (Å²) in [4.78, 5) is 30.1. The van der Waals surface area contributed by atoms with Crippen molar-refractivity contribution in [3.05, 3.63) is 69.7 Å². The highest BCUT2D eigenvalue weighted by atomic mass is 32.2. The highest BCUT2D eigenvalue weighted by Gasteiger charge is 2.31. The molecule has 0 radical (unpaired) electrons. The number of benzene rings is 2. The third kappa shape index (κ3) is 3.54. The van der Waals surface area contributed by atoms with Gasteiger partial charge in [0.25, 0.3) is 11.8 Å². The maximum absolute atomic E-state index is 13.0. The lowest BCUT2D eigenvalue weighted by molar-refractivity contribution is 0.0949. The molecule has 1 aromatic heterocycles. The van der Waals surface area contributed by atoms with Crippen molar-refractivity contribution >= 4 is 38.7 Å². The van der Waals surface area contributed by atoms with Gasteiger partial charge in [-0.3, -0.25) is 9.59 Å². The van der Waals surface area contributed by atoms with Crippen molar-refractivity contribution in [1.82, 2.24) is 10.3 Å². The van der Waals surface area contributed by atoms with Crippen LogP contribution in [0.5, 0.6) is 0 Å². The standard InChI is InChI=1S/C20H17N3O4S2/c1-2-18-21-10-13(28-18)11-22-19(24)12-7-8-17-15(9-12)23-20(25)14-5-3-4-6-16(14)29(17,26)27/h3-10H,2,11H2,1H3,(H,22,24)(H,23,25). The van der Waals surface area contributed by atoms with Gasteiger partial charge in [-0.05, 0) is 36.8 Å². The van der Waals surface area contributed by atoms with Crippen molar-refractivity contribution in [2.75, 3.05) is 5.32 Å².